The van der Waals surface area contributed by atoms with Crippen LogP contribution in [0.25, 0.3) is 11.0 Å². The molecule has 0 radical (unpaired) electrons. The van der Waals surface area contributed by atoms with Crippen LogP contribution in [0.15, 0.2) is 29.4 Å². The van der Waals surface area contributed by atoms with Crippen molar-refractivity contribution >= 4 is 28.7 Å². The number of carbonyl (C=O) groups is 1. The zero-order valence-electron chi connectivity index (χ0n) is 11.9. The molecule has 0 aliphatic heterocycles. The molecule has 1 amide bonds. The summed E-state index contributed by atoms with van der Waals surface area (Å²) < 4.78 is 3.40. The van der Waals surface area contributed by atoms with Crippen LogP contribution in [0.5, 0.6) is 0 Å². The number of nitrogens with two attached hydrogens (primary N) is 2. The van der Waals surface area contributed by atoms with Crippen molar-refractivity contribution < 1.29 is 4.79 Å². The Bertz CT molecular complexity index is 838. The fourth-order valence-corrected chi connectivity index (χ4v) is 2.80. The van der Waals surface area contributed by atoms with E-state index in [1.54, 1.807) is 0 Å². The number of aromatic nitrogens is 5. The summed E-state index contributed by atoms with van der Waals surface area (Å²) in [6.07, 6.45) is 0. The number of nitrogens with zero attached hydrogens (tertiary/aromatic N) is 5. The highest BCUT2D eigenvalue weighted by molar-refractivity contribution is 7.99. The van der Waals surface area contributed by atoms with Gasteiger partial charge in [0.2, 0.25) is 11.1 Å². The van der Waals surface area contributed by atoms with Gasteiger partial charge < -0.3 is 16.1 Å². The first-order chi connectivity index (χ1) is 10.6. The molecule has 0 atom stereocenters. The Morgan fingerprint density at radius 3 is 2.86 bits per heavy atom. The third-order valence-corrected chi connectivity index (χ3v) is 4.19. The van der Waals surface area contributed by atoms with E-state index in [0.717, 1.165) is 28.6 Å². The van der Waals surface area contributed by atoms with E-state index in [0.29, 0.717) is 17.5 Å². The van der Waals surface area contributed by atoms with Gasteiger partial charge in [0.1, 0.15) is 5.82 Å². The van der Waals surface area contributed by atoms with Gasteiger partial charge in [-0.05, 0) is 19.1 Å². The summed E-state index contributed by atoms with van der Waals surface area (Å²) in [6.45, 7) is 2.38. The summed E-state index contributed by atoms with van der Waals surface area (Å²) in [4.78, 5) is 15.3. The van der Waals surface area contributed by atoms with E-state index in [2.05, 4.69) is 15.2 Å². The van der Waals surface area contributed by atoms with Crippen molar-refractivity contribution in [3.05, 3.63) is 35.9 Å². The maximum Gasteiger partial charge on any atom is 0.227 e. The van der Waals surface area contributed by atoms with Gasteiger partial charge in [0.25, 0.3) is 0 Å². The summed E-state index contributed by atoms with van der Waals surface area (Å²) in [5, 5.41) is 8.52. The number of aryl methyl sites for hydroxylation is 1. The molecule has 114 valence electrons. The predicted octanol–water partition coefficient (Wildman–Crippen LogP) is 0.276. The second-order valence-electron chi connectivity index (χ2n) is 4.76. The van der Waals surface area contributed by atoms with Crippen molar-refractivity contribution in [2.75, 3.05) is 11.6 Å². The lowest BCUT2D eigenvalue weighted by Crippen LogP contribution is -2.18. The number of benzene rings is 1. The fourth-order valence-electron chi connectivity index (χ4n) is 2.19. The largest absolute Gasteiger partial charge is 0.369 e. The lowest BCUT2D eigenvalue weighted by Gasteiger charge is -2.07. The number of hydrogen-bond acceptors (Lipinski definition) is 6. The lowest BCUT2D eigenvalue weighted by molar-refractivity contribution is -0.115. The summed E-state index contributed by atoms with van der Waals surface area (Å²) in [7, 11) is 0. The summed E-state index contributed by atoms with van der Waals surface area (Å²) in [5.74, 6) is 7.13. The minimum atomic E-state index is -0.425. The summed E-state index contributed by atoms with van der Waals surface area (Å²) >= 11 is 1.16. The first-order valence-corrected chi connectivity index (χ1v) is 7.57. The SMILES string of the molecule is Cc1nc2ccccc2n1Cc1nnc(SCC(N)=O)n1N. The molecule has 0 saturated carbocycles. The molecule has 0 bridgehead atoms. The first kappa shape index (κ1) is 14.4. The van der Waals surface area contributed by atoms with Gasteiger partial charge in [0, 0.05) is 0 Å². The number of primary amides is 1. The highest BCUT2D eigenvalue weighted by atomic mass is 32.2. The number of hydrogen-bond donors (Lipinski definition) is 2. The minimum absolute atomic E-state index is 0.113. The second kappa shape index (κ2) is 5.68. The normalized spacial score (nSPS) is 11.1. The van der Waals surface area contributed by atoms with E-state index in [1.165, 1.54) is 4.68 Å². The average Bonchev–Trinajstić information content (AvgIpc) is 2.99. The van der Waals surface area contributed by atoms with Crippen molar-refractivity contribution in [1.82, 2.24) is 24.4 Å². The number of rotatable bonds is 5. The molecule has 0 fully saturated rings. The monoisotopic (exact) mass is 317 g/mol. The van der Waals surface area contributed by atoms with Crippen LogP contribution in [0.3, 0.4) is 0 Å². The van der Waals surface area contributed by atoms with Crippen LogP contribution in [-0.4, -0.2) is 36.1 Å². The van der Waals surface area contributed by atoms with Crippen LogP contribution in [-0.2, 0) is 11.3 Å². The van der Waals surface area contributed by atoms with E-state index >= 15 is 0 Å². The molecule has 8 nitrogen and oxygen atoms in total. The molecule has 3 rings (SSSR count). The van der Waals surface area contributed by atoms with Crippen molar-refractivity contribution in [2.45, 2.75) is 18.6 Å². The van der Waals surface area contributed by atoms with Crippen LogP contribution < -0.4 is 11.6 Å². The molecule has 3 aromatic rings. The Labute approximate surface area is 130 Å². The Morgan fingerprint density at radius 2 is 2.09 bits per heavy atom. The van der Waals surface area contributed by atoms with Crippen LogP contribution in [0.4, 0.5) is 0 Å². The number of para-hydroxylation sites is 2. The Balaban J connectivity index is 1.89. The van der Waals surface area contributed by atoms with Crippen LogP contribution >= 0.6 is 11.8 Å². The minimum Gasteiger partial charge on any atom is -0.369 e. The second-order valence-corrected chi connectivity index (χ2v) is 5.70. The number of carbonyl (C=O) groups excluding carboxylic acids is 1. The number of fused-ring (bicyclic) bond motifs is 1. The van der Waals surface area contributed by atoms with Gasteiger partial charge in [0.05, 0.1) is 23.3 Å². The molecule has 2 aromatic heterocycles. The van der Waals surface area contributed by atoms with Gasteiger partial charge in [-0.2, -0.15) is 0 Å². The van der Waals surface area contributed by atoms with E-state index in [9.17, 15) is 4.79 Å². The van der Waals surface area contributed by atoms with E-state index in [-0.39, 0.29) is 5.75 Å². The van der Waals surface area contributed by atoms with E-state index in [4.69, 9.17) is 11.6 Å². The third-order valence-electron chi connectivity index (χ3n) is 3.22. The Morgan fingerprint density at radius 1 is 1.32 bits per heavy atom. The van der Waals surface area contributed by atoms with Gasteiger partial charge in [-0.3, -0.25) is 4.79 Å². The number of imidazole rings is 1. The van der Waals surface area contributed by atoms with Crippen molar-refractivity contribution in [3.63, 3.8) is 0 Å². The molecule has 1 aromatic carbocycles. The lowest BCUT2D eigenvalue weighted by atomic mass is 10.3. The van der Waals surface area contributed by atoms with Gasteiger partial charge in [-0.15, -0.1) is 10.2 Å². The maximum absolute atomic E-state index is 10.8. The zero-order valence-corrected chi connectivity index (χ0v) is 12.7. The maximum atomic E-state index is 10.8. The molecule has 0 unspecified atom stereocenters. The number of nitrogen functional groups attached to an aromatic ring is 1. The van der Waals surface area contributed by atoms with Crippen LogP contribution in [0, 0.1) is 6.92 Å². The summed E-state index contributed by atoms with van der Waals surface area (Å²) in [6, 6.07) is 7.86. The number of thioether (sulfide) groups is 1. The molecule has 0 spiro atoms. The van der Waals surface area contributed by atoms with Crippen molar-refractivity contribution in [3.8, 4) is 0 Å². The van der Waals surface area contributed by atoms with Gasteiger partial charge in [-0.25, -0.2) is 9.66 Å². The number of amides is 1. The molecular weight excluding hydrogens is 302 g/mol. The van der Waals surface area contributed by atoms with Gasteiger partial charge in [-0.1, -0.05) is 23.9 Å². The molecule has 0 saturated heterocycles. The van der Waals surface area contributed by atoms with E-state index < -0.39 is 5.91 Å². The van der Waals surface area contributed by atoms with Gasteiger partial charge in [0.15, 0.2) is 5.82 Å². The highest BCUT2D eigenvalue weighted by Gasteiger charge is 2.14. The van der Waals surface area contributed by atoms with E-state index in [1.807, 2.05) is 35.8 Å². The molecular formula is C13H15N7OS. The average molecular weight is 317 g/mol. The van der Waals surface area contributed by atoms with Crippen LogP contribution in [0.2, 0.25) is 0 Å². The quantitative estimate of drug-likeness (QED) is 0.515. The standard InChI is InChI=1S/C13H15N7OS/c1-8-16-9-4-2-3-5-10(9)19(8)6-12-17-18-13(20(12)15)22-7-11(14)21/h2-5H,6-7,15H2,1H3,(H2,14,21). The zero-order chi connectivity index (χ0) is 15.7. The molecule has 22 heavy (non-hydrogen) atoms. The smallest absolute Gasteiger partial charge is 0.227 e. The molecule has 0 aliphatic carbocycles. The Kier molecular flexibility index (Phi) is 3.72. The van der Waals surface area contributed by atoms with Crippen molar-refractivity contribution in [2.24, 2.45) is 5.73 Å². The predicted molar refractivity (Wildman–Crippen MR) is 83.7 cm³/mol. The van der Waals surface area contributed by atoms with Crippen molar-refractivity contribution in [1.29, 1.82) is 0 Å². The Hall–Kier alpha value is -2.55. The third kappa shape index (κ3) is 2.62. The highest BCUT2D eigenvalue weighted by Crippen LogP contribution is 2.18. The molecule has 2 heterocycles. The van der Waals surface area contributed by atoms with Crippen LogP contribution in [0.1, 0.15) is 11.6 Å². The topological polar surface area (TPSA) is 118 Å². The summed E-state index contributed by atoms with van der Waals surface area (Å²) in [5.41, 5.74) is 7.05. The fraction of sp³-hybridized carbons (Fsp3) is 0.231. The molecule has 9 heteroatoms. The molecule has 4 N–H and O–H groups in total. The first-order valence-electron chi connectivity index (χ1n) is 6.58. The van der Waals surface area contributed by atoms with Gasteiger partial charge >= 0.3 is 0 Å². The molecule has 0 aliphatic rings.